The van der Waals surface area contributed by atoms with Gasteiger partial charge >= 0.3 is 6.03 Å². The first-order valence-corrected chi connectivity index (χ1v) is 9.32. The molecule has 5 heteroatoms. The van der Waals surface area contributed by atoms with Crippen LogP contribution in [0.3, 0.4) is 0 Å². The quantitative estimate of drug-likeness (QED) is 0.865. The van der Waals surface area contributed by atoms with Crippen molar-refractivity contribution in [2.75, 3.05) is 32.8 Å². The smallest absolute Gasteiger partial charge is 0.315 e. The molecule has 2 amide bonds. The number of amides is 2. The summed E-state index contributed by atoms with van der Waals surface area (Å²) in [5.74, 6) is 0. The van der Waals surface area contributed by atoms with Crippen molar-refractivity contribution in [1.29, 1.82) is 0 Å². The van der Waals surface area contributed by atoms with Crippen LogP contribution < -0.4 is 10.6 Å². The van der Waals surface area contributed by atoms with E-state index in [4.69, 9.17) is 4.74 Å². The molecule has 2 aromatic rings. The van der Waals surface area contributed by atoms with Crippen molar-refractivity contribution < 1.29 is 9.53 Å². The maximum atomic E-state index is 12.4. The van der Waals surface area contributed by atoms with E-state index in [2.05, 4.69) is 53.6 Å². The zero-order valence-corrected chi connectivity index (χ0v) is 15.9. The summed E-state index contributed by atoms with van der Waals surface area (Å²) in [6.07, 6.45) is 0. The Labute approximate surface area is 155 Å². The number of ether oxygens (including phenoxy) is 1. The summed E-state index contributed by atoms with van der Waals surface area (Å²) >= 11 is 0. The average molecular weight is 355 g/mol. The van der Waals surface area contributed by atoms with Gasteiger partial charge in [-0.25, -0.2) is 4.79 Å². The van der Waals surface area contributed by atoms with Crippen LogP contribution in [0.2, 0.25) is 0 Å². The molecular weight excluding hydrogens is 326 g/mol. The normalized spacial score (nSPS) is 17.0. The lowest BCUT2D eigenvalue weighted by molar-refractivity contribution is -0.00876. The van der Waals surface area contributed by atoms with E-state index in [1.807, 2.05) is 25.1 Å². The number of nitrogens with one attached hydrogen (secondary N) is 2. The van der Waals surface area contributed by atoms with E-state index in [0.717, 1.165) is 31.9 Å². The molecule has 1 atom stereocenters. The van der Waals surface area contributed by atoms with E-state index in [1.54, 1.807) is 0 Å². The summed E-state index contributed by atoms with van der Waals surface area (Å²) < 4.78 is 5.42. The predicted molar refractivity (Wildman–Crippen MR) is 105 cm³/mol. The van der Waals surface area contributed by atoms with E-state index in [-0.39, 0.29) is 17.6 Å². The van der Waals surface area contributed by atoms with Gasteiger partial charge in [-0.15, -0.1) is 0 Å². The van der Waals surface area contributed by atoms with Crippen molar-refractivity contribution in [2.45, 2.75) is 32.4 Å². The van der Waals surface area contributed by atoms with Gasteiger partial charge in [-0.05, 0) is 37.1 Å². The lowest BCUT2D eigenvalue weighted by Crippen LogP contribution is -2.56. The fourth-order valence-electron chi connectivity index (χ4n) is 3.53. The molecule has 1 unspecified atom stereocenters. The third kappa shape index (κ3) is 4.34. The van der Waals surface area contributed by atoms with Gasteiger partial charge in [0.25, 0.3) is 0 Å². The molecular formula is C21H29N3O2. The monoisotopic (exact) mass is 355 g/mol. The molecule has 0 radical (unpaired) electrons. The molecule has 1 fully saturated rings. The van der Waals surface area contributed by atoms with Crippen LogP contribution in [0.1, 0.15) is 32.4 Å². The number of carbonyl (C=O) groups is 1. The van der Waals surface area contributed by atoms with Crippen LogP contribution in [0.4, 0.5) is 4.79 Å². The fraction of sp³-hybridized carbons (Fsp3) is 0.476. The first-order valence-electron chi connectivity index (χ1n) is 9.32. The van der Waals surface area contributed by atoms with Crippen LogP contribution in [0.5, 0.6) is 0 Å². The lowest BCUT2D eigenvalue weighted by Gasteiger charge is -2.40. The Morgan fingerprint density at radius 3 is 2.62 bits per heavy atom. The molecule has 0 saturated carbocycles. The second-order valence-corrected chi connectivity index (χ2v) is 7.53. The molecule has 1 saturated heterocycles. The Balaban J connectivity index is 1.59. The van der Waals surface area contributed by atoms with Gasteiger partial charge < -0.3 is 15.4 Å². The van der Waals surface area contributed by atoms with Crippen LogP contribution in [-0.4, -0.2) is 49.3 Å². The van der Waals surface area contributed by atoms with Crippen molar-refractivity contribution >= 4 is 16.8 Å². The molecule has 1 aliphatic rings. The maximum absolute atomic E-state index is 12.4. The van der Waals surface area contributed by atoms with E-state index in [0.29, 0.717) is 6.54 Å². The minimum absolute atomic E-state index is 0.0624. The number of benzene rings is 2. The van der Waals surface area contributed by atoms with Crippen LogP contribution in [0.25, 0.3) is 10.8 Å². The van der Waals surface area contributed by atoms with Crippen molar-refractivity contribution in [3.8, 4) is 0 Å². The van der Waals surface area contributed by atoms with Crippen LogP contribution >= 0.6 is 0 Å². The molecule has 2 aromatic carbocycles. The highest BCUT2D eigenvalue weighted by molar-refractivity contribution is 5.86. The number of rotatable bonds is 5. The molecule has 2 N–H and O–H groups in total. The number of fused-ring (bicyclic) bond motifs is 1. The molecule has 26 heavy (non-hydrogen) atoms. The van der Waals surface area contributed by atoms with Crippen LogP contribution in [0.15, 0.2) is 42.5 Å². The number of nitrogens with zero attached hydrogens (tertiary/aromatic N) is 1. The van der Waals surface area contributed by atoms with Gasteiger partial charge in [0.2, 0.25) is 0 Å². The number of carbonyl (C=O) groups excluding carboxylic acids is 1. The largest absolute Gasteiger partial charge is 0.379 e. The minimum Gasteiger partial charge on any atom is -0.379 e. The Kier molecular flexibility index (Phi) is 5.79. The standard InChI is InChI=1S/C21H29N3O2/c1-16(18-10-6-8-17-7-4-5-9-19(17)18)23-20(25)22-15-21(2,3)24-11-13-26-14-12-24/h4-10,16H,11-15H2,1-3H3,(H2,22,23,25). The Hall–Kier alpha value is -2.11. The number of hydrogen-bond donors (Lipinski definition) is 2. The summed E-state index contributed by atoms with van der Waals surface area (Å²) in [5.41, 5.74) is 1.04. The molecule has 140 valence electrons. The topological polar surface area (TPSA) is 53.6 Å². The van der Waals surface area contributed by atoms with Crippen molar-refractivity contribution in [3.05, 3.63) is 48.0 Å². The Morgan fingerprint density at radius 2 is 1.85 bits per heavy atom. The van der Waals surface area contributed by atoms with Crippen LogP contribution in [0, 0.1) is 0 Å². The molecule has 0 bridgehead atoms. The minimum atomic E-state index is -0.133. The van der Waals surface area contributed by atoms with Gasteiger partial charge in [0, 0.05) is 25.2 Å². The predicted octanol–water partition coefficient (Wildman–Crippen LogP) is 3.31. The van der Waals surface area contributed by atoms with Crippen molar-refractivity contribution in [3.63, 3.8) is 0 Å². The first kappa shape index (κ1) is 18.7. The van der Waals surface area contributed by atoms with E-state index in [1.165, 1.54) is 10.8 Å². The highest BCUT2D eigenvalue weighted by Gasteiger charge is 2.28. The van der Waals surface area contributed by atoms with Gasteiger partial charge in [0.05, 0.1) is 19.3 Å². The number of hydrogen-bond acceptors (Lipinski definition) is 3. The zero-order chi connectivity index (χ0) is 18.6. The molecule has 0 spiro atoms. The second-order valence-electron chi connectivity index (χ2n) is 7.53. The SMILES string of the molecule is CC(NC(=O)NCC(C)(C)N1CCOCC1)c1cccc2ccccc12. The fourth-order valence-corrected chi connectivity index (χ4v) is 3.53. The highest BCUT2D eigenvalue weighted by Crippen LogP contribution is 2.24. The summed E-state index contributed by atoms with van der Waals surface area (Å²) in [4.78, 5) is 14.8. The summed E-state index contributed by atoms with van der Waals surface area (Å²) in [6, 6.07) is 14.3. The molecule has 0 aliphatic carbocycles. The zero-order valence-electron chi connectivity index (χ0n) is 15.9. The van der Waals surface area contributed by atoms with E-state index >= 15 is 0 Å². The molecule has 3 rings (SSSR count). The molecule has 1 aliphatic heterocycles. The molecule has 5 nitrogen and oxygen atoms in total. The second kappa shape index (κ2) is 8.06. The summed E-state index contributed by atoms with van der Waals surface area (Å²) in [5, 5.41) is 8.47. The Bertz CT molecular complexity index is 749. The van der Waals surface area contributed by atoms with Gasteiger partial charge in [0.1, 0.15) is 0 Å². The van der Waals surface area contributed by atoms with Crippen LogP contribution in [-0.2, 0) is 4.74 Å². The van der Waals surface area contributed by atoms with E-state index < -0.39 is 0 Å². The number of urea groups is 1. The third-order valence-electron chi connectivity index (χ3n) is 5.19. The average Bonchev–Trinajstić information content (AvgIpc) is 2.66. The van der Waals surface area contributed by atoms with E-state index in [9.17, 15) is 4.79 Å². The Morgan fingerprint density at radius 1 is 1.15 bits per heavy atom. The molecule has 1 heterocycles. The summed E-state index contributed by atoms with van der Waals surface area (Å²) in [7, 11) is 0. The molecule has 0 aromatic heterocycles. The maximum Gasteiger partial charge on any atom is 0.315 e. The van der Waals surface area contributed by atoms with Gasteiger partial charge in [-0.2, -0.15) is 0 Å². The van der Waals surface area contributed by atoms with Crippen molar-refractivity contribution in [2.24, 2.45) is 0 Å². The first-order chi connectivity index (χ1) is 12.5. The number of morpholine rings is 1. The van der Waals surface area contributed by atoms with Gasteiger partial charge in [-0.1, -0.05) is 42.5 Å². The summed E-state index contributed by atoms with van der Waals surface area (Å²) in [6.45, 7) is 10.3. The lowest BCUT2D eigenvalue weighted by atomic mass is 10.00. The van der Waals surface area contributed by atoms with Gasteiger partial charge in [-0.3, -0.25) is 4.90 Å². The van der Waals surface area contributed by atoms with Gasteiger partial charge in [0.15, 0.2) is 0 Å². The third-order valence-corrected chi connectivity index (χ3v) is 5.19. The highest BCUT2D eigenvalue weighted by atomic mass is 16.5. The van der Waals surface area contributed by atoms with Crippen molar-refractivity contribution in [1.82, 2.24) is 15.5 Å².